The molecule has 0 spiro atoms. The van der Waals surface area contributed by atoms with E-state index in [1.54, 1.807) is 0 Å². The van der Waals surface area contributed by atoms with E-state index in [0.29, 0.717) is 5.92 Å². The minimum absolute atomic E-state index is 0. The van der Waals surface area contributed by atoms with E-state index < -0.39 is 0 Å². The van der Waals surface area contributed by atoms with E-state index in [1.807, 2.05) is 12.1 Å². The third-order valence-electron chi connectivity index (χ3n) is 7.84. The van der Waals surface area contributed by atoms with Crippen LogP contribution in [0.2, 0.25) is 0 Å². The Kier molecular flexibility index (Phi) is 75.5. The molecule has 3 aliphatic rings. The summed E-state index contributed by atoms with van der Waals surface area (Å²) >= 11 is 11.6. The zero-order chi connectivity index (χ0) is 29.3. The molecule has 0 heterocycles. The molecule has 3 fully saturated rings. The topological polar surface area (TPSA) is 26.3 Å². The second-order valence-corrected chi connectivity index (χ2v) is 9.76. The molecule has 2 nitrogen and oxygen atoms in total. The number of carbonyl (C=O) groups is 1. The van der Waals surface area contributed by atoms with Crippen LogP contribution in [0.3, 0.4) is 0 Å². The van der Waals surface area contributed by atoms with Crippen LogP contribution >= 0.6 is 0 Å². The first-order chi connectivity index (χ1) is 18.7. The van der Waals surface area contributed by atoms with Crippen molar-refractivity contribution in [2.24, 2.45) is 23.7 Å². The van der Waals surface area contributed by atoms with E-state index in [4.69, 9.17) is 4.74 Å². The monoisotopic (exact) mass is 1320 g/mol. The maximum atomic E-state index is 12.7. The summed E-state index contributed by atoms with van der Waals surface area (Å²) in [5.41, 5.74) is 1.40. The van der Waals surface area contributed by atoms with Gasteiger partial charge < -0.3 is 11.2 Å². The van der Waals surface area contributed by atoms with Gasteiger partial charge in [-0.3, -0.25) is 4.79 Å². The van der Waals surface area contributed by atoms with E-state index in [1.165, 1.54) is 69.8 Å². The van der Waals surface area contributed by atoms with Crippen LogP contribution in [0.15, 0.2) is 24.3 Å². The summed E-state index contributed by atoms with van der Waals surface area (Å²) in [4.78, 5) is 12.7. The summed E-state index contributed by atoms with van der Waals surface area (Å²) in [5, 5.41) is 0. The summed E-state index contributed by atoms with van der Waals surface area (Å²) in [6.45, 7) is 2.39. The molecule has 0 bridgehead atoms. The van der Waals surface area contributed by atoms with Crippen LogP contribution in [0, 0.1) is 30.1 Å². The van der Waals surface area contributed by atoms with Crippen LogP contribution in [0.1, 0.15) is 95.5 Å². The van der Waals surface area contributed by atoms with Crippen LogP contribution in [0.25, 0.3) is 0 Å². The molecule has 0 amide bonds. The van der Waals surface area contributed by atoms with E-state index in [9.17, 15) is 4.79 Å². The molecule has 39 heavy (non-hydrogen) atoms. The van der Waals surface area contributed by atoms with Gasteiger partial charge >= 0.3 is 403 Å². The Hall–Kier alpha value is 18.5. The Morgan fingerprint density at radius 3 is 1.51 bits per heavy atom. The molecule has 0 radical (unpaired) electrons. The van der Waals surface area contributed by atoms with Gasteiger partial charge in [0.25, 0.3) is 0 Å². The summed E-state index contributed by atoms with van der Waals surface area (Å²) < 4.78 is 5.75. The van der Waals surface area contributed by atoms with Crippen LogP contribution in [-0.4, -0.2) is 345 Å². The Morgan fingerprint density at radius 1 is 0.667 bits per heavy atom. The van der Waals surface area contributed by atoms with Crippen LogP contribution in [0.4, 0.5) is 0 Å². The third-order valence-corrected chi connectivity index (χ3v) is 7.84. The van der Waals surface area contributed by atoms with Gasteiger partial charge in [0.05, 0.1) is 5.92 Å². The Labute approximate surface area is 536 Å². The number of rotatable bonds is 4. The number of esters is 1. The van der Waals surface area contributed by atoms with Crippen molar-refractivity contribution < 1.29 is 67.7 Å². The summed E-state index contributed by atoms with van der Waals surface area (Å²) in [6.07, 6.45) is 17.5. The first kappa shape index (κ1) is 61.8. The van der Waals surface area contributed by atoms with Gasteiger partial charge in [0.1, 0.15) is 5.75 Å². The molecule has 3 saturated carbocycles. The molecule has 1 aromatic rings. The SMILES string of the molecule is CC1CCC(C2CCC(C(=O)Oc3ccc(C4CC[CH-]CC4)cc3)CC2)CC1.[Rb+].[Rb][Rb].[Rb][Rb].[Rb][Rb].[Rb][Rb].[Rb][Rb]. The normalized spacial score (nSPS) is 24.0. The van der Waals surface area contributed by atoms with E-state index >= 15 is 0 Å². The molecule has 4 rings (SSSR count). The van der Waals surface area contributed by atoms with E-state index in [0.717, 1.165) is 375 Å². The van der Waals surface area contributed by atoms with Crippen molar-refractivity contribution in [1.82, 2.24) is 0 Å². The summed E-state index contributed by atoms with van der Waals surface area (Å²) in [6, 6.07) is 8.33. The van der Waals surface area contributed by atoms with Crippen molar-refractivity contribution in [3.05, 3.63) is 36.2 Å². The predicted molar refractivity (Wildman–Crippen MR) is 172 cm³/mol. The van der Waals surface area contributed by atoms with Crippen molar-refractivity contribution in [2.75, 3.05) is 0 Å². The molecule has 1 aromatic carbocycles. The average molecular weight is 1320 g/mol. The molecular weight excluding hydrogens is 1280 g/mol. The van der Waals surface area contributed by atoms with Crippen molar-refractivity contribution in [1.29, 1.82) is 0 Å². The first-order valence-corrected chi connectivity index (χ1v) is 187. The predicted octanol–water partition coefficient (Wildman–Crippen LogP) is 0.283. The molecule has 0 aliphatic heterocycles. The van der Waals surface area contributed by atoms with Crippen molar-refractivity contribution in [3.8, 4) is 5.75 Å². The van der Waals surface area contributed by atoms with E-state index in [-0.39, 0.29) is 70.1 Å². The van der Waals surface area contributed by atoms with Gasteiger partial charge in [0, 0.05) is 0 Å². The Bertz CT molecular complexity index is 646. The quantitative estimate of drug-likeness (QED) is 0.247. The molecule has 0 N–H and O–H groups in total. The zero-order valence-electron chi connectivity index (χ0n) is 28.6. The van der Waals surface area contributed by atoms with E-state index in [2.05, 4.69) is 25.5 Å². The van der Waals surface area contributed by atoms with Crippen molar-refractivity contribution in [2.45, 2.75) is 89.9 Å². The second kappa shape index (κ2) is 47.6. The van der Waals surface area contributed by atoms with Crippen molar-refractivity contribution in [3.63, 3.8) is 0 Å². The van der Waals surface area contributed by atoms with Crippen LogP contribution < -0.4 is 62.9 Å². The Balaban J connectivity index is -0.00000106. The fourth-order valence-electron chi connectivity index (χ4n) is 5.85. The second-order valence-electron chi connectivity index (χ2n) is 9.76. The van der Waals surface area contributed by atoms with Crippen molar-refractivity contribution >= 4 is 345 Å². The molecule has 0 aromatic heterocycles. The average Bonchev–Trinajstić information content (AvgIpc) is 3.03. The molecule has 0 unspecified atom stereocenters. The third kappa shape index (κ3) is 32.0. The van der Waals surface area contributed by atoms with Crippen LogP contribution in [-0.2, 0) is 4.79 Å². The van der Waals surface area contributed by atoms with Gasteiger partial charge in [-0.05, 0) is 79.9 Å². The number of benzene rings is 1. The van der Waals surface area contributed by atoms with Gasteiger partial charge in [0.15, 0.2) is 0 Å². The zero-order valence-corrected chi connectivity index (χ0v) is 82.7. The number of hydrogen-bond donors (Lipinski definition) is 0. The molecule has 0 atom stereocenters. The minimum atomic E-state index is -0.00395. The van der Waals surface area contributed by atoms with Gasteiger partial charge in [0.2, 0.25) is 0 Å². The van der Waals surface area contributed by atoms with Gasteiger partial charge in [-0.2, -0.15) is 12.8 Å². The standard InChI is InChI=1S/C26H37O2.11Rb/c1-19-7-9-21(10-8-19)22-11-13-24(14-12-22)26(27)28-25-17-15-23(16-18-25)20-5-3-2-4-6-20;;;;;;;;;;;/h2,15-22,24H,3-14H2,1H3;;;;;;;;;;;/q-1;;;;;;;;;;;+1. The van der Waals surface area contributed by atoms with Crippen LogP contribution in [0.5, 0.6) is 5.75 Å². The molecular formula is C26H37O2Rb11. The summed E-state index contributed by atoms with van der Waals surface area (Å²) in [5.74, 6) is 4.18. The fourth-order valence-corrected chi connectivity index (χ4v) is 5.85. The number of carbonyl (C=O) groups excluding carboxylic acids is 1. The maximum absolute atomic E-state index is 12.7. The molecule has 13 heteroatoms. The molecule has 164 valence electrons. The van der Waals surface area contributed by atoms with Gasteiger partial charge in [-0.1, -0.05) is 44.7 Å². The number of ether oxygens (including phenoxy) is 1. The molecule has 3 aliphatic carbocycles. The first-order valence-electron chi connectivity index (χ1n) is 16.8. The van der Waals surface area contributed by atoms with Gasteiger partial charge in [-0.25, -0.2) is 0 Å². The van der Waals surface area contributed by atoms with Gasteiger partial charge in [-0.15, -0.1) is 0 Å². The number of hydrogen-bond acceptors (Lipinski definition) is 2. The summed E-state index contributed by atoms with van der Waals surface area (Å²) in [7, 11) is 0. The Morgan fingerprint density at radius 2 is 1.08 bits per heavy atom. The fraction of sp³-hybridized carbons (Fsp3) is 0.692. The molecule has 0 saturated heterocycles.